The number of halogens is 1. The number of anilines is 3. The van der Waals surface area contributed by atoms with Crippen molar-refractivity contribution >= 4 is 23.2 Å². The molecule has 4 N–H and O–H groups in total. The number of benzene rings is 1. The number of hydrogen-bond donors (Lipinski definition) is 2. The summed E-state index contributed by atoms with van der Waals surface area (Å²) >= 11 is 0. The quantitative estimate of drug-likeness (QED) is 0.566. The van der Waals surface area contributed by atoms with Gasteiger partial charge >= 0.3 is 0 Å². The first-order valence-electron chi connectivity index (χ1n) is 11.6. The first kappa shape index (κ1) is 21.0. The predicted molar refractivity (Wildman–Crippen MR) is 127 cm³/mol. The van der Waals surface area contributed by atoms with Crippen molar-refractivity contribution < 1.29 is 9.18 Å². The number of carbonyl (C=O) groups is 1. The number of amides is 1. The SMILES string of the molecule is Nc1nc(N2CCC3(CC2)Cc2ccccc2C3N)cnc1C(=O)N1CCc2nc(F)ccc21. The third kappa shape index (κ3) is 3.22. The lowest BCUT2D eigenvalue weighted by Crippen LogP contribution is -2.44. The maximum atomic E-state index is 13.4. The zero-order valence-electron chi connectivity index (χ0n) is 18.7. The maximum Gasteiger partial charge on any atom is 0.280 e. The average Bonchev–Trinajstić information content (AvgIpc) is 3.38. The molecule has 8 nitrogen and oxygen atoms in total. The molecular weight excluding hydrogens is 433 g/mol. The van der Waals surface area contributed by atoms with Crippen molar-refractivity contribution in [2.24, 2.45) is 11.1 Å². The first-order chi connectivity index (χ1) is 16.4. The number of piperidine rings is 1. The molecule has 1 spiro atoms. The number of carbonyl (C=O) groups excluding carboxylic acids is 1. The smallest absolute Gasteiger partial charge is 0.280 e. The molecule has 0 saturated carbocycles. The number of fused-ring (bicyclic) bond motifs is 2. The van der Waals surface area contributed by atoms with E-state index in [0.717, 1.165) is 32.4 Å². The molecule has 2 aromatic heterocycles. The zero-order valence-corrected chi connectivity index (χ0v) is 18.7. The average molecular weight is 460 g/mol. The second-order valence-electron chi connectivity index (χ2n) is 9.47. The Morgan fingerprint density at radius 1 is 1.09 bits per heavy atom. The molecule has 1 unspecified atom stereocenters. The zero-order chi connectivity index (χ0) is 23.4. The minimum Gasteiger partial charge on any atom is -0.382 e. The van der Waals surface area contributed by atoms with E-state index >= 15 is 0 Å². The van der Waals surface area contributed by atoms with Crippen molar-refractivity contribution in [1.82, 2.24) is 15.0 Å². The van der Waals surface area contributed by atoms with Crippen LogP contribution in [0.2, 0.25) is 0 Å². The van der Waals surface area contributed by atoms with E-state index < -0.39 is 5.95 Å². The van der Waals surface area contributed by atoms with Crippen LogP contribution in [0.3, 0.4) is 0 Å². The van der Waals surface area contributed by atoms with Gasteiger partial charge in [-0.1, -0.05) is 24.3 Å². The molecule has 0 radical (unpaired) electrons. The second-order valence-corrected chi connectivity index (χ2v) is 9.47. The summed E-state index contributed by atoms with van der Waals surface area (Å²) in [6.07, 6.45) is 5.03. The number of nitrogen functional groups attached to an aromatic ring is 1. The third-order valence-corrected chi connectivity index (χ3v) is 7.69. The Balaban J connectivity index is 1.17. The highest BCUT2D eigenvalue weighted by atomic mass is 19.1. The fraction of sp³-hybridized carbons (Fsp3) is 0.360. The van der Waals surface area contributed by atoms with Gasteiger partial charge in [0.25, 0.3) is 5.91 Å². The molecule has 1 amide bonds. The number of nitrogens with two attached hydrogens (primary N) is 2. The molecule has 9 heteroatoms. The van der Waals surface area contributed by atoms with Crippen molar-refractivity contribution in [3.05, 3.63) is 71.1 Å². The topological polar surface area (TPSA) is 114 Å². The van der Waals surface area contributed by atoms with Gasteiger partial charge in [0.1, 0.15) is 5.82 Å². The molecule has 1 saturated heterocycles. The van der Waals surface area contributed by atoms with Crippen LogP contribution in [-0.2, 0) is 12.8 Å². The molecule has 3 aromatic rings. The molecule has 1 fully saturated rings. The number of rotatable bonds is 2. The molecule has 34 heavy (non-hydrogen) atoms. The van der Waals surface area contributed by atoms with E-state index in [1.807, 2.05) is 0 Å². The molecule has 0 bridgehead atoms. The van der Waals surface area contributed by atoms with E-state index in [1.165, 1.54) is 22.1 Å². The van der Waals surface area contributed by atoms with Gasteiger partial charge in [-0.3, -0.25) is 4.79 Å². The molecule has 6 rings (SSSR count). The molecule has 1 atom stereocenters. The Morgan fingerprint density at radius 2 is 1.88 bits per heavy atom. The van der Waals surface area contributed by atoms with Gasteiger partial charge in [0, 0.05) is 32.1 Å². The highest BCUT2D eigenvalue weighted by Crippen LogP contribution is 2.50. The van der Waals surface area contributed by atoms with Gasteiger partial charge in [-0.15, -0.1) is 0 Å². The Labute approximate surface area is 196 Å². The van der Waals surface area contributed by atoms with E-state index in [4.69, 9.17) is 11.5 Å². The number of nitrogens with zero attached hydrogens (tertiary/aromatic N) is 5. The fourth-order valence-corrected chi connectivity index (χ4v) is 5.77. The van der Waals surface area contributed by atoms with Gasteiger partial charge in [0.15, 0.2) is 11.5 Å². The highest BCUT2D eigenvalue weighted by Gasteiger charge is 2.46. The van der Waals surface area contributed by atoms with Crippen LogP contribution in [0.1, 0.15) is 46.2 Å². The lowest BCUT2D eigenvalue weighted by Gasteiger charge is -2.42. The summed E-state index contributed by atoms with van der Waals surface area (Å²) in [5.41, 5.74) is 16.8. The largest absolute Gasteiger partial charge is 0.382 e. The molecule has 1 aliphatic carbocycles. The fourth-order valence-electron chi connectivity index (χ4n) is 5.77. The summed E-state index contributed by atoms with van der Waals surface area (Å²) in [6.45, 7) is 2.02. The maximum absolute atomic E-state index is 13.4. The first-order valence-corrected chi connectivity index (χ1v) is 11.6. The van der Waals surface area contributed by atoms with Gasteiger partial charge in [0.05, 0.1) is 17.6 Å². The summed E-state index contributed by atoms with van der Waals surface area (Å²) in [6, 6.07) is 11.3. The summed E-state index contributed by atoms with van der Waals surface area (Å²) in [4.78, 5) is 29.6. The monoisotopic (exact) mass is 459 g/mol. The standard InChI is InChI=1S/C25H26FN7O/c26-19-6-5-18-17(30-19)7-10-33(18)24(34)21-23(28)31-20(14-29-21)32-11-8-25(9-12-32)13-15-3-1-2-4-16(15)22(25)27/h1-6,14,22H,7-13,27H2,(H2,28,31). The Kier molecular flexibility index (Phi) is 4.77. The van der Waals surface area contributed by atoms with Crippen molar-refractivity contribution in [3.63, 3.8) is 0 Å². The number of aromatic nitrogens is 3. The van der Waals surface area contributed by atoms with Gasteiger partial charge in [0.2, 0.25) is 5.95 Å². The Bertz CT molecular complexity index is 1290. The van der Waals surface area contributed by atoms with E-state index in [1.54, 1.807) is 12.3 Å². The number of pyridine rings is 1. The van der Waals surface area contributed by atoms with Crippen LogP contribution in [0, 0.1) is 11.4 Å². The van der Waals surface area contributed by atoms with Crippen LogP contribution in [0.15, 0.2) is 42.6 Å². The van der Waals surface area contributed by atoms with Crippen molar-refractivity contribution in [3.8, 4) is 0 Å². The van der Waals surface area contributed by atoms with Crippen LogP contribution < -0.4 is 21.3 Å². The van der Waals surface area contributed by atoms with Gasteiger partial charge in [-0.2, -0.15) is 4.39 Å². The van der Waals surface area contributed by atoms with E-state index in [2.05, 4.69) is 44.1 Å². The Morgan fingerprint density at radius 3 is 2.65 bits per heavy atom. The van der Waals surface area contributed by atoms with Crippen molar-refractivity contribution in [2.45, 2.75) is 31.7 Å². The molecule has 4 heterocycles. The molecule has 2 aliphatic heterocycles. The lowest BCUT2D eigenvalue weighted by atomic mass is 9.73. The minimum atomic E-state index is -0.553. The van der Waals surface area contributed by atoms with E-state index in [0.29, 0.717) is 30.2 Å². The Hall–Kier alpha value is -3.59. The molecule has 174 valence electrons. The third-order valence-electron chi connectivity index (χ3n) is 7.69. The lowest BCUT2D eigenvalue weighted by molar-refractivity contribution is 0.0985. The summed E-state index contributed by atoms with van der Waals surface area (Å²) in [7, 11) is 0. The number of hydrogen-bond acceptors (Lipinski definition) is 7. The van der Waals surface area contributed by atoms with Crippen LogP contribution in [0.5, 0.6) is 0 Å². The van der Waals surface area contributed by atoms with Crippen LogP contribution >= 0.6 is 0 Å². The summed E-state index contributed by atoms with van der Waals surface area (Å²) in [5, 5.41) is 0. The minimum absolute atomic E-state index is 0.0494. The van der Waals surface area contributed by atoms with Gasteiger partial charge < -0.3 is 21.3 Å². The van der Waals surface area contributed by atoms with Crippen LogP contribution in [0.4, 0.5) is 21.7 Å². The predicted octanol–water partition coefficient (Wildman–Crippen LogP) is 2.64. The summed E-state index contributed by atoms with van der Waals surface area (Å²) in [5.74, 6) is -0.145. The van der Waals surface area contributed by atoms with Gasteiger partial charge in [-0.25, -0.2) is 15.0 Å². The second kappa shape index (κ2) is 7.73. The van der Waals surface area contributed by atoms with Crippen molar-refractivity contribution in [1.29, 1.82) is 0 Å². The summed E-state index contributed by atoms with van der Waals surface area (Å²) < 4.78 is 13.4. The van der Waals surface area contributed by atoms with Crippen LogP contribution in [0.25, 0.3) is 0 Å². The van der Waals surface area contributed by atoms with Crippen molar-refractivity contribution in [2.75, 3.05) is 35.2 Å². The van der Waals surface area contributed by atoms with E-state index in [-0.39, 0.29) is 28.9 Å². The molecular formula is C25H26FN7O. The van der Waals surface area contributed by atoms with Crippen LogP contribution in [-0.4, -0.2) is 40.5 Å². The highest BCUT2D eigenvalue weighted by molar-refractivity contribution is 6.08. The normalized spacial score (nSPS) is 20.5. The molecule has 3 aliphatic rings. The van der Waals surface area contributed by atoms with E-state index in [9.17, 15) is 9.18 Å². The molecule has 1 aromatic carbocycles. The van der Waals surface area contributed by atoms with Gasteiger partial charge in [-0.05, 0) is 47.9 Å².